The summed E-state index contributed by atoms with van der Waals surface area (Å²) in [7, 11) is 0. The molecule has 1 aliphatic rings. The summed E-state index contributed by atoms with van der Waals surface area (Å²) in [6, 6.07) is -0.816. The van der Waals surface area contributed by atoms with Crippen molar-refractivity contribution in [2.75, 3.05) is 19.8 Å². The molecule has 70 heavy (non-hydrogen) atoms. The van der Waals surface area contributed by atoms with Crippen LogP contribution in [0.2, 0.25) is 0 Å². The van der Waals surface area contributed by atoms with Gasteiger partial charge in [0, 0.05) is 12.8 Å². The molecule has 0 aromatic carbocycles. The molecule has 1 saturated heterocycles. The van der Waals surface area contributed by atoms with Crippen LogP contribution in [-0.2, 0) is 23.8 Å². The van der Waals surface area contributed by atoms with E-state index >= 15 is 0 Å². The number of aliphatic hydroxyl groups excluding tert-OH is 5. The largest absolute Gasteiger partial charge is 0.466 e. The Labute approximate surface area is 428 Å². The van der Waals surface area contributed by atoms with Gasteiger partial charge in [-0.3, -0.25) is 9.59 Å². The highest BCUT2D eigenvalue weighted by atomic mass is 16.7. The molecule has 0 spiro atoms. The van der Waals surface area contributed by atoms with E-state index < -0.39 is 49.5 Å². The maximum absolute atomic E-state index is 13.0. The predicted octanol–water partition coefficient (Wildman–Crippen LogP) is 13.1. The lowest BCUT2D eigenvalue weighted by atomic mass is 9.99. The first-order valence-electron chi connectivity index (χ1n) is 29.3. The highest BCUT2D eigenvalue weighted by Crippen LogP contribution is 2.23. The average Bonchev–Trinajstić information content (AvgIpc) is 3.36. The predicted molar refractivity (Wildman–Crippen MR) is 287 cm³/mol. The van der Waals surface area contributed by atoms with Crippen molar-refractivity contribution in [3.8, 4) is 0 Å². The Bertz CT molecular complexity index is 1260. The summed E-state index contributed by atoms with van der Waals surface area (Å²) in [5.41, 5.74) is 0. The van der Waals surface area contributed by atoms with Crippen LogP contribution in [-0.4, -0.2) is 100 Å². The molecule has 0 aromatic rings. The fourth-order valence-corrected chi connectivity index (χ4v) is 9.00. The number of hydrogen-bond acceptors (Lipinski definition) is 10. The Morgan fingerprint density at radius 2 is 0.929 bits per heavy atom. The van der Waals surface area contributed by atoms with Gasteiger partial charge in [0.25, 0.3) is 0 Å². The zero-order valence-corrected chi connectivity index (χ0v) is 45.0. The number of aliphatic hydroxyl groups is 5. The number of nitrogens with one attached hydrogen (secondary N) is 1. The van der Waals surface area contributed by atoms with Gasteiger partial charge in [-0.05, 0) is 77.0 Å². The third-order valence-corrected chi connectivity index (χ3v) is 13.7. The summed E-state index contributed by atoms with van der Waals surface area (Å²) in [4.78, 5) is 25.0. The van der Waals surface area contributed by atoms with E-state index in [0.29, 0.717) is 19.4 Å². The number of esters is 1. The standard InChI is InChI=1S/C59H109NO10/c1-3-5-7-9-11-13-25-29-33-37-41-45-52(62)51(50-69-59-58(67)57(66)56(65)53(49-61)70-59)60-54(63)46-42-38-34-30-27-23-21-19-17-15-16-18-20-22-24-28-32-36-40-44-48-68-55(64)47-43-39-35-31-26-14-12-10-8-6-4-2/h10,12,15,17,41,45,51-53,56-59,61-62,65-67H,3-9,11,13-14,16,18-40,42-44,46-50H2,1-2H3,(H,60,63)/b12-10-,17-15-,45-41+. The minimum absolute atomic E-state index is 0.0192. The van der Waals surface area contributed by atoms with Crippen LogP contribution >= 0.6 is 0 Å². The Balaban J connectivity index is 2.08. The zero-order chi connectivity index (χ0) is 51.0. The van der Waals surface area contributed by atoms with Crippen LogP contribution in [0.4, 0.5) is 0 Å². The molecule has 0 radical (unpaired) electrons. The molecule has 11 heteroatoms. The lowest BCUT2D eigenvalue weighted by Crippen LogP contribution is -2.60. The third kappa shape index (κ3) is 38.5. The number of carbonyl (C=O) groups excluding carboxylic acids is 2. The molecule has 7 unspecified atom stereocenters. The first-order chi connectivity index (χ1) is 34.2. The summed E-state index contributed by atoms with van der Waals surface area (Å²) < 4.78 is 16.7. The van der Waals surface area contributed by atoms with Gasteiger partial charge in [-0.2, -0.15) is 0 Å². The molecule has 6 N–H and O–H groups in total. The van der Waals surface area contributed by atoms with Crippen LogP contribution in [0, 0.1) is 0 Å². The van der Waals surface area contributed by atoms with Crippen LogP contribution in [0.15, 0.2) is 36.5 Å². The minimum Gasteiger partial charge on any atom is -0.466 e. The minimum atomic E-state index is -1.57. The van der Waals surface area contributed by atoms with Crippen LogP contribution in [0.5, 0.6) is 0 Å². The number of allylic oxidation sites excluding steroid dienone is 5. The SMILES string of the molecule is CCCC/C=C\CCCCCCCC(=O)OCCCCCCCCCCC/C=C\CCCCCCCCCC(=O)NC(COC1OC(CO)C(O)C(O)C1O)C(O)/C=C/CCCCCCCCCCC. The normalized spacial score (nSPS) is 19.4. The molecule has 1 heterocycles. The van der Waals surface area contributed by atoms with Crippen LogP contribution in [0.25, 0.3) is 0 Å². The third-order valence-electron chi connectivity index (χ3n) is 13.7. The molecular weight excluding hydrogens is 883 g/mol. The van der Waals surface area contributed by atoms with Crippen molar-refractivity contribution in [1.82, 2.24) is 5.32 Å². The topological polar surface area (TPSA) is 175 Å². The average molecular weight is 993 g/mol. The van der Waals surface area contributed by atoms with E-state index in [1.165, 1.54) is 161 Å². The second-order valence-electron chi connectivity index (χ2n) is 20.3. The van der Waals surface area contributed by atoms with E-state index in [1.807, 2.05) is 6.08 Å². The summed E-state index contributed by atoms with van der Waals surface area (Å²) in [6.45, 7) is 4.28. The number of unbranched alkanes of at least 4 members (excludes halogenated alkanes) is 32. The molecule has 1 amide bonds. The summed E-state index contributed by atoms with van der Waals surface area (Å²) in [5.74, 6) is -0.211. The molecule has 11 nitrogen and oxygen atoms in total. The second kappa shape index (κ2) is 49.1. The highest BCUT2D eigenvalue weighted by Gasteiger charge is 2.44. The fraction of sp³-hybridized carbons (Fsp3) is 0.864. The molecule has 0 bridgehead atoms. The van der Waals surface area contributed by atoms with Gasteiger partial charge < -0.3 is 45.1 Å². The molecular formula is C59H109NO10. The van der Waals surface area contributed by atoms with Gasteiger partial charge in [-0.25, -0.2) is 0 Å². The Morgan fingerprint density at radius 3 is 1.41 bits per heavy atom. The van der Waals surface area contributed by atoms with Crippen molar-refractivity contribution < 1.29 is 49.3 Å². The van der Waals surface area contributed by atoms with Crippen molar-refractivity contribution in [3.05, 3.63) is 36.5 Å². The van der Waals surface area contributed by atoms with Crippen LogP contribution in [0.1, 0.15) is 264 Å². The maximum atomic E-state index is 13.0. The molecule has 1 rings (SSSR count). The van der Waals surface area contributed by atoms with E-state index in [-0.39, 0.29) is 18.5 Å². The molecule has 7 atom stereocenters. The van der Waals surface area contributed by atoms with Crippen LogP contribution in [0.3, 0.4) is 0 Å². The Kier molecular flexibility index (Phi) is 46.2. The number of ether oxygens (including phenoxy) is 3. The molecule has 1 fully saturated rings. The van der Waals surface area contributed by atoms with Crippen LogP contribution < -0.4 is 5.32 Å². The van der Waals surface area contributed by atoms with Crippen molar-refractivity contribution in [2.24, 2.45) is 0 Å². The molecule has 410 valence electrons. The van der Waals surface area contributed by atoms with E-state index in [1.54, 1.807) is 6.08 Å². The highest BCUT2D eigenvalue weighted by molar-refractivity contribution is 5.76. The van der Waals surface area contributed by atoms with E-state index in [0.717, 1.165) is 77.0 Å². The summed E-state index contributed by atoms with van der Waals surface area (Å²) in [6.07, 6.45) is 49.5. The van der Waals surface area contributed by atoms with Gasteiger partial charge >= 0.3 is 5.97 Å². The van der Waals surface area contributed by atoms with Crippen molar-refractivity contribution >= 4 is 11.9 Å². The number of amides is 1. The van der Waals surface area contributed by atoms with E-state index in [4.69, 9.17) is 14.2 Å². The number of carbonyl (C=O) groups is 2. The molecule has 1 aliphatic heterocycles. The molecule has 0 aromatic heterocycles. The van der Waals surface area contributed by atoms with E-state index in [9.17, 15) is 35.1 Å². The second-order valence-corrected chi connectivity index (χ2v) is 20.3. The summed E-state index contributed by atoms with van der Waals surface area (Å²) >= 11 is 0. The van der Waals surface area contributed by atoms with Gasteiger partial charge in [0.1, 0.15) is 24.4 Å². The van der Waals surface area contributed by atoms with Gasteiger partial charge in [-0.1, -0.05) is 211 Å². The van der Waals surface area contributed by atoms with Crippen molar-refractivity contribution in [1.29, 1.82) is 0 Å². The first-order valence-corrected chi connectivity index (χ1v) is 29.3. The Morgan fingerprint density at radius 1 is 0.514 bits per heavy atom. The van der Waals surface area contributed by atoms with Crippen molar-refractivity contribution in [2.45, 2.75) is 307 Å². The fourth-order valence-electron chi connectivity index (χ4n) is 9.00. The zero-order valence-electron chi connectivity index (χ0n) is 45.0. The maximum Gasteiger partial charge on any atom is 0.305 e. The lowest BCUT2D eigenvalue weighted by molar-refractivity contribution is -0.302. The molecule has 0 aliphatic carbocycles. The Hall–Kier alpha value is -2.12. The molecule has 0 saturated carbocycles. The van der Waals surface area contributed by atoms with Gasteiger partial charge in [-0.15, -0.1) is 0 Å². The van der Waals surface area contributed by atoms with E-state index in [2.05, 4.69) is 43.5 Å². The summed E-state index contributed by atoms with van der Waals surface area (Å²) in [5, 5.41) is 54.3. The number of hydrogen-bond donors (Lipinski definition) is 6. The van der Waals surface area contributed by atoms with Crippen molar-refractivity contribution in [3.63, 3.8) is 0 Å². The lowest BCUT2D eigenvalue weighted by Gasteiger charge is -2.40. The number of rotatable bonds is 50. The quantitative estimate of drug-likeness (QED) is 0.0195. The van der Waals surface area contributed by atoms with Gasteiger partial charge in [0.15, 0.2) is 6.29 Å². The first kappa shape index (κ1) is 65.9. The smallest absolute Gasteiger partial charge is 0.305 e. The monoisotopic (exact) mass is 992 g/mol. The van der Waals surface area contributed by atoms with Gasteiger partial charge in [0.2, 0.25) is 5.91 Å². The van der Waals surface area contributed by atoms with Gasteiger partial charge in [0.05, 0.1) is 32.0 Å².